The van der Waals surface area contributed by atoms with Crippen molar-refractivity contribution in [3.05, 3.63) is 0 Å². The molecule has 1 nitrogen and oxygen atoms in total. The maximum absolute atomic E-state index is 11.0. The van der Waals surface area contributed by atoms with E-state index < -0.39 is 0 Å². The zero-order valence-corrected chi connectivity index (χ0v) is 4.63. The smallest absolute Gasteiger partial charge is 0.139 e. The number of fused-ring (bicyclic) bond motifs is 3. The van der Waals surface area contributed by atoms with E-state index in [1.54, 1.807) is 0 Å². The average Bonchev–Trinajstić information content (AvgIpc) is 2.58. The number of carbonyl (C=O) groups is 1. The third kappa shape index (κ3) is 0.221. The summed E-state index contributed by atoms with van der Waals surface area (Å²) in [6.07, 6.45) is 2.50. The van der Waals surface area contributed by atoms with E-state index in [4.69, 9.17) is 0 Å². The Hall–Kier alpha value is -0.330. The van der Waals surface area contributed by atoms with E-state index in [1.807, 2.05) is 0 Å². The molecule has 0 aromatic heterocycles. The Morgan fingerprint density at radius 1 is 1.12 bits per heavy atom. The van der Waals surface area contributed by atoms with Crippen LogP contribution in [0, 0.1) is 23.7 Å². The average molecular weight is 108 g/mol. The van der Waals surface area contributed by atoms with Crippen LogP contribution in [0.15, 0.2) is 0 Å². The summed E-state index contributed by atoms with van der Waals surface area (Å²) in [6.45, 7) is 0. The third-order valence-electron chi connectivity index (χ3n) is 2.96. The first-order chi connectivity index (χ1) is 3.88. The molecule has 0 radical (unpaired) electrons. The van der Waals surface area contributed by atoms with E-state index in [2.05, 4.69) is 0 Å². The molecule has 42 valence electrons. The van der Waals surface area contributed by atoms with E-state index >= 15 is 0 Å². The molecule has 0 aromatic carbocycles. The fourth-order valence-corrected chi connectivity index (χ4v) is 2.30. The van der Waals surface area contributed by atoms with Crippen LogP contribution >= 0.6 is 0 Å². The predicted octanol–water partition coefficient (Wildman–Crippen LogP) is 0.841. The van der Waals surface area contributed by atoms with Crippen molar-refractivity contribution in [2.75, 3.05) is 0 Å². The first-order valence-corrected chi connectivity index (χ1v) is 3.41. The quantitative estimate of drug-likeness (QED) is 0.449. The highest BCUT2D eigenvalue weighted by atomic mass is 16.1. The van der Waals surface area contributed by atoms with Crippen LogP contribution in [0.3, 0.4) is 0 Å². The second kappa shape index (κ2) is 0.772. The first-order valence-electron chi connectivity index (χ1n) is 3.41. The highest BCUT2D eigenvalue weighted by Crippen LogP contribution is 2.67. The topological polar surface area (TPSA) is 17.1 Å². The van der Waals surface area contributed by atoms with Crippen molar-refractivity contribution < 1.29 is 4.79 Å². The molecule has 0 aromatic rings. The van der Waals surface area contributed by atoms with Crippen molar-refractivity contribution in [2.24, 2.45) is 23.7 Å². The second-order valence-electron chi connectivity index (χ2n) is 3.41. The third-order valence-corrected chi connectivity index (χ3v) is 2.96. The van der Waals surface area contributed by atoms with Gasteiger partial charge in [0.1, 0.15) is 5.78 Å². The minimum Gasteiger partial charge on any atom is -0.299 e. The summed E-state index contributed by atoms with van der Waals surface area (Å²) < 4.78 is 0. The normalized spacial score (nSPS) is 64.8. The monoisotopic (exact) mass is 108 g/mol. The van der Waals surface area contributed by atoms with Crippen LogP contribution in [-0.4, -0.2) is 5.78 Å². The van der Waals surface area contributed by atoms with Gasteiger partial charge in [0.15, 0.2) is 0 Å². The molecule has 0 N–H and O–H groups in total. The van der Waals surface area contributed by atoms with Gasteiger partial charge in [-0.25, -0.2) is 0 Å². The van der Waals surface area contributed by atoms with Gasteiger partial charge in [0, 0.05) is 11.8 Å². The molecule has 0 spiro atoms. The molecule has 0 bridgehead atoms. The lowest BCUT2D eigenvalue weighted by Crippen LogP contribution is -1.98. The van der Waals surface area contributed by atoms with E-state index in [9.17, 15) is 4.79 Å². The van der Waals surface area contributed by atoms with Gasteiger partial charge in [0.25, 0.3) is 0 Å². The van der Waals surface area contributed by atoms with E-state index in [-0.39, 0.29) is 0 Å². The van der Waals surface area contributed by atoms with Crippen LogP contribution in [-0.2, 0) is 4.79 Å². The van der Waals surface area contributed by atoms with Crippen LogP contribution in [0.25, 0.3) is 0 Å². The van der Waals surface area contributed by atoms with E-state index in [0.717, 1.165) is 11.8 Å². The second-order valence-corrected chi connectivity index (χ2v) is 3.41. The minimum atomic E-state index is 0.568. The van der Waals surface area contributed by atoms with Crippen molar-refractivity contribution in [3.63, 3.8) is 0 Å². The Balaban J connectivity index is 2.09. The predicted molar refractivity (Wildman–Crippen MR) is 28.2 cm³/mol. The van der Waals surface area contributed by atoms with E-state index in [1.165, 1.54) is 12.8 Å². The summed E-state index contributed by atoms with van der Waals surface area (Å²) >= 11 is 0. The summed E-state index contributed by atoms with van der Waals surface area (Å²) in [5, 5.41) is 0. The Morgan fingerprint density at radius 3 is 1.88 bits per heavy atom. The van der Waals surface area contributed by atoms with Crippen LogP contribution in [0.2, 0.25) is 0 Å². The van der Waals surface area contributed by atoms with Gasteiger partial charge in [-0.3, -0.25) is 4.79 Å². The van der Waals surface area contributed by atoms with Gasteiger partial charge in [-0.1, -0.05) is 0 Å². The summed E-state index contributed by atoms with van der Waals surface area (Å²) in [6, 6.07) is 0. The zero-order valence-electron chi connectivity index (χ0n) is 4.63. The Kier molecular flexibility index (Phi) is 0.352. The lowest BCUT2D eigenvalue weighted by molar-refractivity contribution is -0.120. The van der Waals surface area contributed by atoms with Crippen molar-refractivity contribution >= 4 is 5.78 Å². The molecular weight excluding hydrogens is 100 g/mol. The van der Waals surface area contributed by atoms with Crippen LogP contribution < -0.4 is 0 Å². The first kappa shape index (κ1) is 3.65. The van der Waals surface area contributed by atoms with Crippen LogP contribution in [0.4, 0.5) is 0 Å². The van der Waals surface area contributed by atoms with Crippen LogP contribution in [0.5, 0.6) is 0 Å². The molecule has 3 rings (SSSR count). The van der Waals surface area contributed by atoms with Crippen molar-refractivity contribution in [1.82, 2.24) is 0 Å². The molecule has 3 fully saturated rings. The molecule has 0 heterocycles. The SMILES string of the molecule is O=C1C2CC2C2CC12. The highest BCUT2D eigenvalue weighted by molar-refractivity contribution is 5.92. The van der Waals surface area contributed by atoms with Gasteiger partial charge in [-0.05, 0) is 24.7 Å². The Bertz CT molecular complexity index is 155. The molecule has 1 heteroatoms. The molecule has 3 aliphatic carbocycles. The van der Waals surface area contributed by atoms with Gasteiger partial charge < -0.3 is 0 Å². The zero-order chi connectivity index (χ0) is 5.30. The number of hydrogen-bond donors (Lipinski definition) is 0. The van der Waals surface area contributed by atoms with Crippen molar-refractivity contribution in [2.45, 2.75) is 12.8 Å². The van der Waals surface area contributed by atoms with Crippen molar-refractivity contribution in [1.29, 1.82) is 0 Å². The summed E-state index contributed by atoms with van der Waals surface area (Å²) in [7, 11) is 0. The molecule has 4 atom stereocenters. The van der Waals surface area contributed by atoms with Gasteiger partial charge in [-0.15, -0.1) is 0 Å². The molecule has 0 aliphatic heterocycles. The molecule has 0 amide bonds. The lowest BCUT2D eigenvalue weighted by atomic mass is 10.2. The number of ketones is 1. The van der Waals surface area contributed by atoms with Gasteiger partial charge in [-0.2, -0.15) is 0 Å². The molecule has 0 saturated heterocycles. The minimum absolute atomic E-state index is 0.568. The van der Waals surface area contributed by atoms with Gasteiger partial charge in [0.05, 0.1) is 0 Å². The number of hydrogen-bond acceptors (Lipinski definition) is 1. The fourth-order valence-electron chi connectivity index (χ4n) is 2.30. The molecule has 3 saturated carbocycles. The van der Waals surface area contributed by atoms with Gasteiger partial charge in [0.2, 0.25) is 0 Å². The summed E-state index contributed by atoms with van der Waals surface area (Å²) in [5.41, 5.74) is 0. The fraction of sp³-hybridized carbons (Fsp3) is 0.857. The maximum atomic E-state index is 11.0. The summed E-state index contributed by atoms with van der Waals surface area (Å²) in [5.74, 6) is 3.51. The highest BCUT2D eigenvalue weighted by Gasteiger charge is 2.67. The number of Topliss-reactive ketones (excluding diaryl/α,β-unsaturated/α-hetero) is 1. The van der Waals surface area contributed by atoms with Gasteiger partial charge >= 0.3 is 0 Å². The molecule has 3 aliphatic rings. The Labute approximate surface area is 48.1 Å². The number of carbonyl (C=O) groups excluding carboxylic acids is 1. The largest absolute Gasteiger partial charge is 0.299 e. The summed E-state index contributed by atoms with van der Waals surface area (Å²) in [4.78, 5) is 11.0. The van der Waals surface area contributed by atoms with Crippen LogP contribution in [0.1, 0.15) is 12.8 Å². The number of rotatable bonds is 0. The van der Waals surface area contributed by atoms with E-state index in [0.29, 0.717) is 17.6 Å². The maximum Gasteiger partial charge on any atom is 0.139 e. The van der Waals surface area contributed by atoms with Crippen molar-refractivity contribution in [3.8, 4) is 0 Å². The standard InChI is InChI=1S/C7H8O/c8-7-5-1-3(5)4-2-6(4)7/h3-6H,1-2H2. The lowest BCUT2D eigenvalue weighted by Gasteiger charge is -1.83. The molecular formula is C7H8O. The Morgan fingerprint density at radius 2 is 1.62 bits per heavy atom. The molecule has 4 unspecified atom stereocenters. The molecule has 8 heavy (non-hydrogen) atoms.